The molecule has 0 radical (unpaired) electrons. The second-order valence-corrected chi connectivity index (χ2v) is 5.15. The number of benzene rings is 1. The van der Waals surface area contributed by atoms with Crippen LogP contribution in [0.15, 0.2) is 41.3 Å². The highest BCUT2D eigenvalue weighted by Crippen LogP contribution is 2.23. The van der Waals surface area contributed by atoms with Gasteiger partial charge in [-0.05, 0) is 23.1 Å². The SMILES string of the molecule is CC(C)(C)c1ccc(NCc2cnco2)cc1. The molecule has 17 heavy (non-hydrogen) atoms. The zero-order valence-corrected chi connectivity index (χ0v) is 10.5. The number of hydrogen-bond acceptors (Lipinski definition) is 3. The molecule has 90 valence electrons. The lowest BCUT2D eigenvalue weighted by molar-refractivity contribution is 0.511. The zero-order chi connectivity index (χ0) is 12.3. The van der Waals surface area contributed by atoms with Gasteiger partial charge in [-0.3, -0.25) is 0 Å². The molecule has 0 amide bonds. The van der Waals surface area contributed by atoms with Gasteiger partial charge in [0.2, 0.25) is 0 Å². The van der Waals surface area contributed by atoms with Crippen LogP contribution in [0.2, 0.25) is 0 Å². The topological polar surface area (TPSA) is 38.1 Å². The van der Waals surface area contributed by atoms with E-state index in [1.54, 1.807) is 6.20 Å². The molecule has 0 aliphatic heterocycles. The van der Waals surface area contributed by atoms with Crippen LogP contribution >= 0.6 is 0 Å². The highest BCUT2D eigenvalue weighted by Gasteiger charge is 2.12. The molecule has 1 heterocycles. The summed E-state index contributed by atoms with van der Waals surface area (Å²) in [5.41, 5.74) is 2.63. The normalized spacial score (nSPS) is 11.5. The smallest absolute Gasteiger partial charge is 0.180 e. The Bertz CT molecular complexity index is 452. The second-order valence-electron chi connectivity index (χ2n) is 5.15. The lowest BCUT2D eigenvalue weighted by atomic mass is 9.87. The quantitative estimate of drug-likeness (QED) is 0.875. The molecule has 2 aromatic rings. The van der Waals surface area contributed by atoms with Crippen LogP contribution in [0.25, 0.3) is 0 Å². The molecule has 0 spiro atoms. The average molecular weight is 230 g/mol. The molecule has 0 unspecified atom stereocenters. The Labute approximate surface area is 102 Å². The molecule has 3 nitrogen and oxygen atoms in total. The highest BCUT2D eigenvalue weighted by molar-refractivity contribution is 5.45. The van der Waals surface area contributed by atoms with Crippen molar-refractivity contribution in [1.29, 1.82) is 0 Å². The van der Waals surface area contributed by atoms with Gasteiger partial charge in [0.15, 0.2) is 6.39 Å². The summed E-state index contributed by atoms with van der Waals surface area (Å²) in [6.07, 6.45) is 3.16. The molecule has 0 bridgehead atoms. The fourth-order valence-corrected chi connectivity index (χ4v) is 1.61. The molecule has 3 heteroatoms. The first kappa shape index (κ1) is 11.7. The van der Waals surface area contributed by atoms with Gasteiger partial charge in [-0.1, -0.05) is 32.9 Å². The van der Waals surface area contributed by atoms with Crippen LogP contribution in [0.5, 0.6) is 0 Å². The molecule has 0 saturated heterocycles. The third-order valence-electron chi connectivity index (χ3n) is 2.70. The van der Waals surface area contributed by atoms with Crippen molar-refractivity contribution in [3.63, 3.8) is 0 Å². The van der Waals surface area contributed by atoms with Crippen LogP contribution in [0.1, 0.15) is 32.1 Å². The number of hydrogen-bond donors (Lipinski definition) is 1. The minimum atomic E-state index is 0.198. The monoisotopic (exact) mass is 230 g/mol. The van der Waals surface area contributed by atoms with E-state index in [2.05, 4.69) is 55.3 Å². The largest absolute Gasteiger partial charge is 0.447 e. The number of aromatic nitrogens is 1. The third kappa shape index (κ3) is 3.09. The van der Waals surface area contributed by atoms with Crippen molar-refractivity contribution >= 4 is 5.69 Å². The summed E-state index contributed by atoms with van der Waals surface area (Å²) in [6.45, 7) is 7.30. The van der Waals surface area contributed by atoms with Gasteiger partial charge in [-0.15, -0.1) is 0 Å². The summed E-state index contributed by atoms with van der Waals surface area (Å²) in [7, 11) is 0. The molecule has 0 aliphatic carbocycles. The zero-order valence-electron chi connectivity index (χ0n) is 10.5. The molecule has 0 aliphatic rings. The van der Waals surface area contributed by atoms with Crippen molar-refractivity contribution in [3.8, 4) is 0 Å². The Kier molecular flexibility index (Phi) is 3.18. The molecule has 1 aromatic heterocycles. The van der Waals surface area contributed by atoms with Gasteiger partial charge in [0.1, 0.15) is 5.76 Å². The number of oxazole rings is 1. The fourth-order valence-electron chi connectivity index (χ4n) is 1.61. The van der Waals surface area contributed by atoms with Crippen LogP contribution in [0.4, 0.5) is 5.69 Å². The number of rotatable bonds is 3. The summed E-state index contributed by atoms with van der Waals surface area (Å²) in [6, 6.07) is 8.50. The van der Waals surface area contributed by atoms with Crippen molar-refractivity contribution in [2.75, 3.05) is 5.32 Å². The van der Waals surface area contributed by atoms with Crippen LogP contribution in [0, 0.1) is 0 Å². The predicted octanol–water partition coefficient (Wildman–Crippen LogP) is 3.58. The predicted molar refractivity (Wildman–Crippen MR) is 69.0 cm³/mol. The highest BCUT2D eigenvalue weighted by atomic mass is 16.3. The molecule has 1 N–H and O–H groups in total. The first-order valence-electron chi connectivity index (χ1n) is 5.77. The molecule has 0 atom stereocenters. The van der Waals surface area contributed by atoms with Crippen LogP contribution < -0.4 is 5.32 Å². The van der Waals surface area contributed by atoms with E-state index < -0.39 is 0 Å². The lowest BCUT2D eigenvalue weighted by Crippen LogP contribution is -2.10. The molecule has 0 fully saturated rings. The number of nitrogens with zero attached hydrogens (tertiary/aromatic N) is 1. The van der Waals surface area contributed by atoms with Crippen molar-refractivity contribution in [2.24, 2.45) is 0 Å². The van der Waals surface area contributed by atoms with Gasteiger partial charge in [-0.25, -0.2) is 4.98 Å². The van der Waals surface area contributed by atoms with E-state index in [1.807, 2.05) is 0 Å². The summed E-state index contributed by atoms with van der Waals surface area (Å²) >= 11 is 0. The fraction of sp³-hybridized carbons (Fsp3) is 0.357. The first-order valence-corrected chi connectivity index (χ1v) is 5.77. The summed E-state index contributed by atoms with van der Waals surface area (Å²) in [4.78, 5) is 3.87. The molecular weight excluding hydrogens is 212 g/mol. The van der Waals surface area contributed by atoms with E-state index in [-0.39, 0.29) is 5.41 Å². The van der Waals surface area contributed by atoms with Gasteiger partial charge in [0, 0.05) is 5.69 Å². The summed E-state index contributed by atoms with van der Waals surface area (Å²) in [5.74, 6) is 0.838. The third-order valence-corrected chi connectivity index (χ3v) is 2.70. The van der Waals surface area contributed by atoms with Crippen LogP contribution in [0.3, 0.4) is 0 Å². The molecular formula is C14H18N2O. The van der Waals surface area contributed by atoms with Crippen molar-refractivity contribution in [1.82, 2.24) is 4.98 Å². The maximum absolute atomic E-state index is 5.16. The summed E-state index contributed by atoms with van der Waals surface area (Å²) in [5, 5.41) is 3.29. The van der Waals surface area contributed by atoms with Gasteiger partial charge in [0.25, 0.3) is 0 Å². The standard InChI is InChI=1S/C14H18N2O/c1-14(2,3)11-4-6-12(7-5-11)16-9-13-8-15-10-17-13/h4-8,10,16H,9H2,1-3H3. The number of anilines is 1. The van der Waals surface area contributed by atoms with Gasteiger partial charge < -0.3 is 9.73 Å². The molecule has 1 aromatic carbocycles. The first-order chi connectivity index (χ1) is 8.05. The van der Waals surface area contributed by atoms with E-state index in [1.165, 1.54) is 12.0 Å². The van der Waals surface area contributed by atoms with Gasteiger partial charge >= 0.3 is 0 Å². The minimum Gasteiger partial charge on any atom is -0.447 e. The maximum Gasteiger partial charge on any atom is 0.180 e. The number of nitrogens with one attached hydrogen (secondary N) is 1. The van der Waals surface area contributed by atoms with Crippen LogP contribution in [-0.4, -0.2) is 4.98 Å². The maximum atomic E-state index is 5.16. The van der Waals surface area contributed by atoms with E-state index in [0.717, 1.165) is 11.4 Å². The molecule has 2 rings (SSSR count). The second kappa shape index (κ2) is 4.62. The van der Waals surface area contributed by atoms with Crippen molar-refractivity contribution in [2.45, 2.75) is 32.7 Å². The van der Waals surface area contributed by atoms with Gasteiger partial charge in [0.05, 0.1) is 12.7 Å². The summed E-state index contributed by atoms with van der Waals surface area (Å²) < 4.78 is 5.16. The Morgan fingerprint density at radius 1 is 1.18 bits per heavy atom. The van der Waals surface area contributed by atoms with E-state index in [9.17, 15) is 0 Å². The Hall–Kier alpha value is -1.77. The van der Waals surface area contributed by atoms with Gasteiger partial charge in [-0.2, -0.15) is 0 Å². The molecule has 0 saturated carbocycles. The Balaban J connectivity index is 1.99. The van der Waals surface area contributed by atoms with E-state index in [0.29, 0.717) is 6.54 Å². The van der Waals surface area contributed by atoms with E-state index >= 15 is 0 Å². The Morgan fingerprint density at radius 2 is 1.88 bits per heavy atom. The minimum absolute atomic E-state index is 0.198. The Morgan fingerprint density at radius 3 is 2.41 bits per heavy atom. The van der Waals surface area contributed by atoms with Crippen LogP contribution in [-0.2, 0) is 12.0 Å². The van der Waals surface area contributed by atoms with Crippen molar-refractivity contribution in [3.05, 3.63) is 48.2 Å². The van der Waals surface area contributed by atoms with Crippen molar-refractivity contribution < 1.29 is 4.42 Å². The average Bonchev–Trinajstić information content (AvgIpc) is 2.78. The lowest BCUT2D eigenvalue weighted by Gasteiger charge is -2.19. The van der Waals surface area contributed by atoms with E-state index in [4.69, 9.17) is 4.42 Å².